The van der Waals surface area contributed by atoms with Crippen molar-refractivity contribution in [2.24, 2.45) is 0 Å². The lowest BCUT2D eigenvalue weighted by molar-refractivity contribution is -0.120. The van der Waals surface area contributed by atoms with Gasteiger partial charge in [-0.15, -0.1) is 0 Å². The normalized spacial score (nSPS) is 9.94. The van der Waals surface area contributed by atoms with E-state index in [0.29, 0.717) is 6.61 Å². The smallest absolute Gasteiger partial charge is 0.335 e. The number of carbonyl (C=O) groups excluding carboxylic acids is 1. The molecule has 1 aromatic carbocycles. The second-order valence-electron chi connectivity index (χ2n) is 3.22. The molecule has 0 unspecified atom stereocenters. The van der Waals surface area contributed by atoms with Crippen LogP contribution in [-0.4, -0.2) is 35.3 Å². The van der Waals surface area contributed by atoms with Gasteiger partial charge in [-0.1, -0.05) is 0 Å². The van der Waals surface area contributed by atoms with Crippen LogP contribution in [0.15, 0.2) is 18.2 Å². The van der Waals surface area contributed by atoms with E-state index in [1.807, 2.05) is 0 Å². The zero-order valence-electron chi connectivity index (χ0n) is 9.27. The molecule has 0 heterocycles. The van der Waals surface area contributed by atoms with Gasteiger partial charge in [0.1, 0.15) is 12.4 Å². The summed E-state index contributed by atoms with van der Waals surface area (Å²) < 4.78 is 4.88. The van der Waals surface area contributed by atoms with Crippen molar-refractivity contribution in [3.05, 3.63) is 23.8 Å². The maximum Gasteiger partial charge on any atom is 0.335 e. The Morgan fingerprint density at radius 2 is 2.12 bits per heavy atom. The van der Waals surface area contributed by atoms with Crippen LogP contribution in [0.3, 0.4) is 0 Å². The molecular formula is C11H13NO5. The molecule has 17 heavy (non-hydrogen) atoms. The maximum absolute atomic E-state index is 11.3. The number of aromatic carboxylic acids is 1. The third kappa shape index (κ3) is 3.76. The first-order valence-corrected chi connectivity index (χ1v) is 4.98. The van der Waals surface area contributed by atoms with Crippen LogP contribution in [-0.2, 0) is 9.53 Å². The Kier molecular flexibility index (Phi) is 4.47. The van der Waals surface area contributed by atoms with Gasteiger partial charge in [0.25, 0.3) is 0 Å². The molecule has 92 valence electrons. The zero-order valence-corrected chi connectivity index (χ0v) is 9.27. The van der Waals surface area contributed by atoms with Crippen molar-refractivity contribution < 1.29 is 24.5 Å². The quantitative estimate of drug-likeness (QED) is 0.668. The number of hydrogen-bond donors (Lipinski definition) is 3. The van der Waals surface area contributed by atoms with Crippen molar-refractivity contribution in [1.29, 1.82) is 0 Å². The van der Waals surface area contributed by atoms with E-state index >= 15 is 0 Å². The van der Waals surface area contributed by atoms with Gasteiger partial charge in [-0.3, -0.25) is 4.79 Å². The van der Waals surface area contributed by atoms with E-state index in [1.54, 1.807) is 6.92 Å². The number of benzene rings is 1. The van der Waals surface area contributed by atoms with Crippen LogP contribution >= 0.6 is 0 Å². The summed E-state index contributed by atoms with van der Waals surface area (Å²) in [6.07, 6.45) is 0. The molecule has 6 heteroatoms. The molecule has 0 aromatic heterocycles. The molecule has 0 aliphatic heterocycles. The highest BCUT2D eigenvalue weighted by molar-refractivity contribution is 5.96. The van der Waals surface area contributed by atoms with Crippen LogP contribution in [0.4, 0.5) is 5.69 Å². The molecule has 0 bridgehead atoms. The number of anilines is 1. The fraction of sp³-hybridized carbons (Fsp3) is 0.273. The summed E-state index contributed by atoms with van der Waals surface area (Å²) in [5.74, 6) is -1.78. The first-order valence-electron chi connectivity index (χ1n) is 4.98. The summed E-state index contributed by atoms with van der Waals surface area (Å²) in [4.78, 5) is 22.0. The number of phenols is 1. The van der Waals surface area contributed by atoms with Gasteiger partial charge in [0, 0.05) is 6.61 Å². The highest BCUT2D eigenvalue weighted by Gasteiger charge is 2.10. The molecule has 0 aliphatic rings. The van der Waals surface area contributed by atoms with Crippen molar-refractivity contribution in [1.82, 2.24) is 0 Å². The number of carboxylic acid groups (broad SMARTS) is 1. The van der Waals surface area contributed by atoms with E-state index in [4.69, 9.17) is 9.84 Å². The number of phenolic OH excluding ortho intramolecular Hbond substituents is 1. The predicted octanol–water partition coefficient (Wildman–Crippen LogP) is 1.07. The molecular weight excluding hydrogens is 226 g/mol. The highest BCUT2D eigenvalue weighted by atomic mass is 16.5. The molecule has 1 amide bonds. The number of hydrogen-bond acceptors (Lipinski definition) is 4. The third-order valence-corrected chi connectivity index (χ3v) is 1.95. The number of carboxylic acids is 1. The Balaban J connectivity index is 2.79. The molecule has 0 saturated carbocycles. The molecule has 1 rings (SSSR count). The van der Waals surface area contributed by atoms with Gasteiger partial charge < -0.3 is 20.3 Å². The van der Waals surface area contributed by atoms with Crippen molar-refractivity contribution in [3.63, 3.8) is 0 Å². The Morgan fingerprint density at radius 3 is 2.71 bits per heavy atom. The fourth-order valence-corrected chi connectivity index (χ4v) is 1.15. The van der Waals surface area contributed by atoms with Crippen molar-refractivity contribution in [2.45, 2.75) is 6.92 Å². The molecule has 0 fully saturated rings. The lowest BCUT2D eigenvalue weighted by atomic mass is 10.2. The Labute approximate surface area is 97.8 Å². The summed E-state index contributed by atoms with van der Waals surface area (Å²) in [7, 11) is 0. The monoisotopic (exact) mass is 239 g/mol. The second-order valence-corrected chi connectivity index (χ2v) is 3.22. The molecule has 6 nitrogen and oxygen atoms in total. The van der Waals surface area contributed by atoms with Gasteiger partial charge in [0.2, 0.25) is 5.91 Å². The van der Waals surface area contributed by atoms with E-state index in [9.17, 15) is 14.7 Å². The van der Waals surface area contributed by atoms with Crippen LogP contribution in [0.2, 0.25) is 0 Å². The average Bonchev–Trinajstić information content (AvgIpc) is 2.29. The number of aromatic hydroxyl groups is 1. The standard InChI is InChI=1S/C11H13NO5/c1-2-17-6-10(14)12-8-5-7(11(15)16)3-4-9(8)13/h3-5,13H,2,6H2,1H3,(H,12,14)(H,15,16). The fourth-order valence-electron chi connectivity index (χ4n) is 1.15. The number of rotatable bonds is 5. The minimum absolute atomic E-state index is 0.0190. The van der Waals surface area contributed by atoms with E-state index in [-0.39, 0.29) is 23.6 Å². The first-order chi connectivity index (χ1) is 8.04. The van der Waals surface area contributed by atoms with Crippen molar-refractivity contribution in [3.8, 4) is 5.75 Å². The molecule has 3 N–H and O–H groups in total. The van der Waals surface area contributed by atoms with E-state index < -0.39 is 11.9 Å². The highest BCUT2D eigenvalue weighted by Crippen LogP contribution is 2.24. The molecule has 0 radical (unpaired) electrons. The van der Waals surface area contributed by atoms with Gasteiger partial charge in [-0.25, -0.2) is 4.79 Å². The third-order valence-electron chi connectivity index (χ3n) is 1.95. The molecule has 0 spiro atoms. The first kappa shape index (κ1) is 13.0. The minimum atomic E-state index is -1.13. The average molecular weight is 239 g/mol. The second kappa shape index (κ2) is 5.86. The van der Waals surface area contributed by atoms with Crippen LogP contribution in [0.25, 0.3) is 0 Å². The summed E-state index contributed by atoms with van der Waals surface area (Å²) >= 11 is 0. The van der Waals surface area contributed by atoms with Gasteiger partial charge in [0.15, 0.2) is 0 Å². The summed E-state index contributed by atoms with van der Waals surface area (Å²) in [6.45, 7) is 2.00. The van der Waals surface area contributed by atoms with Crippen LogP contribution in [0.5, 0.6) is 5.75 Å². The Morgan fingerprint density at radius 1 is 1.41 bits per heavy atom. The molecule has 0 aliphatic carbocycles. The lowest BCUT2D eigenvalue weighted by Crippen LogP contribution is -2.18. The van der Waals surface area contributed by atoms with Crippen LogP contribution < -0.4 is 5.32 Å². The minimum Gasteiger partial charge on any atom is -0.506 e. The molecule has 0 saturated heterocycles. The van der Waals surface area contributed by atoms with Gasteiger partial charge in [-0.2, -0.15) is 0 Å². The number of carbonyl (C=O) groups is 2. The predicted molar refractivity (Wildman–Crippen MR) is 60.2 cm³/mol. The Bertz CT molecular complexity index is 430. The topological polar surface area (TPSA) is 95.9 Å². The summed E-state index contributed by atoms with van der Waals surface area (Å²) in [6, 6.07) is 3.64. The number of nitrogens with one attached hydrogen (secondary N) is 1. The van der Waals surface area contributed by atoms with Crippen LogP contribution in [0, 0.1) is 0 Å². The maximum atomic E-state index is 11.3. The van der Waals surface area contributed by atoms with E-state index in [1.165, 1.54) is 18.2 Å². The number of ether oxygens (including phenoxy) is 1. The summed E-state index contributed by atoms with van der Waals surface area (Å²) in [5.41, 5.74) is 0.0316. The van der Waals surface area contributed by atoms with Gasteiger partial charge in [-0.05, 0) is 25.1 Å². The van der Waals surface area contributed by atoms with Crippen molar-refractivity contribution >= 4 is 17.6 Å². The van der Waals surface area contributed by atoms with Crippen LogP contribution in [0.1, 0.15) is 17.3 Å². The van der Waals surface area contributed by atoms with E-state index in [0.717, 1.165) is 0 Å². The number of amides is 1. The zero-order chi connectivity index (χ0) is 12.8. The lowest BCUT2D eigenvalue weighted by Gasteiger charge is -2.08. The van der Waals surface area contributed by atoms with Crippen molar-refractivity contribution in [2.75, 3.05) is 18.5 Å². The SMILES string of the molecule is CCOCC(=O)Nc1cc(C(=O)O)ccc1O. The van der Waals surface area contributed by atoms with Gasteiger partial charge >= 0.3 is 5.97 Å². The summed E-state index contributed by atoms with van der Waals surface area (Å²) in [5, 5.41) is 20.6. The van der Waals surface area contributed by atoms with Gasteiger partial charge in [0.05, 0.1) is 11.3 Å². The Hall–Kier alpha value is -2.08. The molecule has 1 aromatic rings. The largest absolute Gasteiger partial charge is 0.506 e. The molecule has 0 atom stereocenters. The van der Waals surface area contributed by atoms with E-state index in [2.05, 4.69) is 5.32 Å².